The number of nitrogens with two attached hydrogens (primary N) is 2. The minimum atomic E-state index is -0.961. The van der Waals surface area contributed by atoms with Crippen LogP contribution in [0.3, 0.4) is 0 Å². The van der Waals surface area contributed by atoms with E-state index in [2.05, 4.69) is 26.8 Å². The molecule has 2 heterocycles. The van der Waals surface area contributed by atoms with Gasteiger partial charge in [0, 0.05) is 43.5 Å². The molecule has 37 heavy (non-hydrogen) atoms. The summed E-state index contributed by atoms with van der Waals surface area (Å²) in [7, 11) is 4.58. The molecule has 2 aromatic carbocycles. The van der Waals surface area contributed by atoms with Crippen LogP contribution < -0.4 is 25.8 Å². The molecule has 4 N–H and O–H groups in total. The first-order valence-corrected chi connectivity index (χ1v) is 11.5. The summed E-state index contributed by atoms with van der Waals surface area (Å²) in [5.41, 5.74) is 13.0. The van der Waals surface area contributed by atoms with Gasteiger partial charge in [-0.3, -0.25) is 4.79 Å². The van der Waals surface area contributed by atoms with Gasteiger partial charge in [-0.25, -0.2) is 13.8 Å². The molecule has 0 spiro atoms. The third-order valence-electron chi connectivity index (χ3n) is 6.24. The number of amidine groups is 1. The number of hydrogen-bond donors (Lipinski definition) is 2. The highest BCUT2D eigenvalue weighted by Gasteiger charge is 2.23. The summed E-state index contributed by atoms with van der Waals surface area (Å²) in [6.45, 7) is 3.77. The Kier molecular flexibility index (Phi) is 7.53. The summed E-state index contributed by atoms with van der Waals surface area (Å²) in [4.78, 5) is 25.3. The van der Waals surface area contributed by atoms with E-state index in [9.17, 15) is 13.6 Å². The number of likely N-dealkylation sites (N-methyl/N-ethyl adjacent to an activating group) is 1. The van der Waals surface area contributed by atoms with Crippen LogP contribution in [-0.4, -0.2) is 69.1 Å². The molecule has 0 aliphatic carbocycles. The van der Waals surface area contributed by atoms with Crippen molar-refractivity contribution in [2.75, 3.05) is 58.1 Å². The predicted octanol–water partition coefficient (Wildman–Crippen LogP) is 2.92. The second-order valence-corrected chi connectivity index (χ2v) is 8.55. The number of methoxy groups -OCH3 is 2. The van der Waals surface area contributed by atoms with Gasteiger partial charge in [-0.2, -0.15) is 4.99 Å². The highest BCUT2D eigenvalue weighted by Crippen LogP contribution is 2.37. The van der Waals surface area contributed by atoms with Crippen LogP contribution >= 0.6 is 0 Å². The van der Waals surface area contributed by atoms with Crippen molar-refractivity contribution >= 4 is 23.2 Å². The molecule has 0 radical (unpaired) electrons. The number of halogens is 2. The van der Waals surface area contributed by atoms with Crippen LogP contribution in [0, 0.1) is 11.6 Å². The van der Waals surface area contributed by atoms with E-state index in [-0.39, 0.29) is 34.4 Å². The van der Waals surface area contributed by atoms with Crippen molar-refractivity contribution in [1.29, 1.82) is 0 Å². The molecule has 1 aromatic heterocycles. The molecule has 9 nitrogen and oxygen atoms in total. The summed E-state index contributed by atoms with van der Waals surface area (Å²) < 4.78 is 39.6. The fourth-order valence-electron chi connectivity index (χ4n) is 4.05. The van der Waals surface area contributed by atoms with E-state index in [0.29, 0.717) is 5.56 Å². The number of amides is 1. The number of anilines is 2. The van der Waals surface area contributed by atoms with Crippen LogP contribution in [0.15, 0.2) is 47.5 Å². The maximum Gasteiger partial charge on any atom is 0.278 e. The van der Waals surface area contributed by atoms with Crippen molar-refractivity contribution in [1.82, 2.24) is 9.88 Å². The zero-order chi connectivity index (χ0) is 26.7. The standard InChI is InChI=1S/C26H28F2N6O3/c1-33-10-12-34(13-11-33)16-6-4-15(5-7-16)26(35)32-25(30)17-8-9-18(31-24(17)29)21-22(27)19(36-2)14-20(37-3)23(21)28/h4-9,14H,10-13H2,1-3H3,(H2,29,31)(H2,30,32,35). The van der Waals surface area contributed by atoms with Crippen LogP contribution in [0.5, 0.6) is 11.5 Å². The summed E-state index contributed by atoms with van der Waals surface area (Å²) in [5, 5.41) is 0. The molecule has 0 unspecified atom stereocenters. The first kappa shape index (κ1) is 25.8. The monoisotopic (exact) mass is 510 g/mol. The minimum Gasteiger partial charge on any atom is -0.494 e. The van der Waals surface area contributed by atoms with Gasteiger partial charge in [-0.1, -0.05) is 0 Å². The maximum atomic E-state index is 14.9. The average molecular weight is 511 g/mol. The third-order valence-corrected chi connectivity index (χ3v) is 6.24. The van der Waals surface area contributed by atoms with E-state index in [4.69, 9.17) is 20.9 Å². The van der Waals surface area contributed by atoms with E-state index in [0.717, 1.165) is 37.9 Å². The molecule has 4 rings (SSSR count). The highest BCUT2D eigenvalue weighted by molar-refractivity contribution is 6.10. The lowest BCUT2D eigenvalue weighted by Gasteiger charge is -2.34. The third kappa shape index (κ3) is 5.31. The highest BCUT2D eigenvalue weighted by atomic mass is 19.1. The van der Waals surface area contributed by atoms with Crippen molar-refractivity contribution < 1.29 is 23.0 Å². The molecular formula is C26H28F2N6O3. The maximum absolute atomic E-state index is 14.9. The lowest BCUT2D eigenvalue weighted by molar-refractivity contribution is 0.100. The number of ether oxygens (including phenoxy) is 2. The Morgan fingerprint density at radius 3 is 2.11 bits per heavy atom. The van der Waals surface area contributed by atoms with E-state index in [1.807, 2.05) is 12.1 Å². The molecule has 194 valence electrons. The van der Waals surface area contributed by atoms with E-state index in [1.54, 1.807) is 12.1 Å². The second-order valence-electron chi connectivity index (χ2n) is 8.55. The van der Waals surface area contributed by atoms with Crippen LogP contribution in [0.25, 0.3) is 11.3 Å². The number of carbonyl (C=O) groups is 1. The number of nitrogens with zero attached hydrogens (tertiary/aromatic N) is 4. The molecule has 0 atom stereocenters. The lowest BCUT2D eigenvalue weighted by atomic mass is 10.1. The molecule has 1 amide bonds. The van der Waals surface area contributed by atoms with E-state index in [1.165, 1.54) is 26.4 Å². The molecular weight excluding hydrogens is 482 g/mol. The minimum absolute atomic E-state index is 0.105. The van der Waals surface area contributed by atoms with Crippen LogP contribution in [0.4, 0.5) is 20.3 Å². The quantitative estimate of drug-likeness (QED) is 0.384. The molecule has 3 aromatic rings. The molecule has 1 aliphatic rings. The van der Waals surface area contributed by atoms with Gasteiger partial charge in [-0.15, -0.1) is 0 Å². The fourth-order valence-corrected chi connectivity index (χ4v) is 4.05. The van der Waals surface area contributed by atoms with Gasteiger partial charge in [-0.05, 0) is 43.4 Å². The number of benzene rings is 2. The topological polar surface area (TPSA) is 119 Å². The summed E-state index contributed by atoms with van der Waals surface area (Å²) in [6.07, 6.45) is 0. The molecule has 1 aliphatic heterocycles. The van der Waals surface area contributed by atoms with E-state index < -0.39 is 23.1 Å². The molecule has 1 fully saturated rings. The van der Waals surface area contributed by atoms with Crippen LogP contribution in [0.2, 0.25) is 0 Å². The number of piperazine rings is 1. The van der Waals surface area contributed by atoms with Gasteiger partial charge in [0.25, 0.3) is 5.91 Å². The number of rotatable bonds is 6. The SMILES string of the molecule is COc1cc(OC)c(F)c(-c2ccc(C(N)=NC(=O)c3ccc(N4CCN(C)CC4)cc3)c(N)n2)c1F. The number of aromatic nitrogens is 1. The van der Waals surface area contributed by atoms with Crippen LogP contribution in [0.1, 0.15) is 15.9 Å². The lowest BCUT2D eigenvalue weighted by Crippen LogP contribution is -2.44. The van der Waals surface area contributed by atoms with Gasteiger partial charge in [0.1, 0.15) is 11.7 Å². The first-order chi connectivity index (χ1) is 17.7. The van der Waals surface area contributed by atoms with Gasteiger partial charge in [0.2, 0.25) is 0 Å². The second kappa shape index (κ2) is 10.8. The van der Waals surface area contributed by atoms with Gasteiger partial charge < -0.3 is 30.7 Å². The Bertz CT molecular complexity index is 1310. The molecule has 0 saturated carbocycles. The van der Waals surface area contributed by atoms with Gasteiger partial charge in [0.05, 0.1) is 31.0 Å². The number of nitrogen functional groups attached to an aromatic ring is 1. The summed E-state index contributed by atoms with van der Waals surface area (Å²) in [6, 6.07) is 11.0. The smallest absolute Gasteiger partial charge is 0.278 e. The summed E-state index contributed by atoms with van der Waals surface area (Å²) in [5.74, 6) is -3.24. The summed E-state index contributed by atoms with van der Waals surface area (Å²) >= 11 is 0. The Hall–Kier alpha value is -4.25. The molecule has 1 saturated heterocycles. The zero-order valence-electron chi connectivity index (χ0n) is 20.8. The number of pyridine rings is 1. The first-order valence-electron chi connectivity index (χ1n) is 11.5. The Morgan fingerprint density at radius 2 is 1.57 bits per heavy atom. The van der Waals surface area contributed by atoms with Crippen molar-refractivity contribution in [3.8, 4) is 22.8 Å². The number of carbonyl (C=O) groups excluding carboxylic acids is 1. The van der Waals surface area contributed by atoms with E-state index >= 15 is 0 Å². The normalized spacial score (nSPS) is 14.5. The fraction of sp³-hybridized carbons (Fsp3) is 0.269. The number of aliphatic imine (C=N–C) groups is 1. The molecule has 11 heteroatoms. The largest absolute Gasteiger partial charge is 0.494 e. The Balaban J connectivity index is 1.57. The Morgan fingerprint density at radius 1 is 0.973 bits per heavy atom. The van der Waals surface area contributed by atoms with Crippen molar-refractivity contribution in [3.63, 3.8) is 0 Å². The van der Waals surface area contributed by atoms with Gasteiger partial charge >= 0.3 is 0 Å². The van der Waals surface area contributed by atoms with Crippen molar-refractivity contribution in [3.05, 3.63) is 65.2 Å². The average Bonchev–Trinajstić information content (AvgIpc) is 2.89. The number of hydrogen-bond acceptors (Lipinski definition) is 7. The van der Waals surface area contributed by atoms with Crippen molar-refractivity contribution in [2.45, 2.75) is 0 Å². The zero-order valence-corrected chi connectivity index (χ0v) is 20.8. The Labute approximate surface area is 213 Å². The van der Waals surface area contributed by atoms with Gasteiger partial charge in [0.15, 0.2) is 23.1 Å². The predicted molar refractivity (Wildman–Crippen MR) is 138 cm³/mol. The molecule has 0 bridgehead atoms. The van der Waals surface area contributed by atoms with Crippen LogP contribution in [-0.2, 0) is 0 Å². The van der Waals surface area contributed by atoms with Crippen molar-refractivity contribution in [2.24, 2.45) is 10.7 Å².